The molecule has 1 aliphatic heterocycles. The molecule has 0 aromatic carbocycles. The lowest BCUT2D eigenvalue weighted by molar-refractivity contribution is 0.0211. The molecule has 0 aliphatic carbocycles. The molecule has 2 rings (SSSR count). The molecule has 3 nitrogen and oxygen atoms in total. The van der Waals surface area contributed by atoms with Gasteiger partial charge in [-0.05, 0) is 55.3 Å². The van der Waals surface area contributed by atoms with Crippen molar-refractivity contribution in [3.63, 3.8) is 0 Å². The molecule has 0 spiro atoms. The summed E-state index contributed by atoms with van der Waals surface area (Å²) in [6, 6.07) is 4.30. The number of nitrogens with zero attached hydrogens (tertiary/aromatic N) is 2. The first-order valence-electron chi connectivity index (χ1n) is 6.65. The van der Waals surface area contributed by atoms with Crippen LogP contribution in [0.4, 0.5) is 0 Å². The van der Waals surface area contributed by atoms with Crippen LogP contribution >= 0.6 is 11.8 Å². The third-order valence-electron chi connectivity index (χ3n) is 3.47. The summed E-state index contributed by atoms with van der Waals surface area (Å²) in [4.78, 5) is 4.04. The number of rotatable bonds is 4. The molecule has 2 atom stereocenters. The average molecular weight is 281 g/mol. The first kappa shape index (κ1) is 14.4. The summed E-state index contributed by atoms with van der Waals surface area (Å²) in [6.45, 7) is 7.15. The van der Waals surface area contributed by atoms with Gasteiger partial charge in [0.15, 0.2) is 0 Å². The van der Waals surface area contributed by atoms with E-state index in [4.69, 9.17) is 16.5 Å². The van der Waals surface area contributed by atoms with E-state index in [1.807, 2.05) is 35.0 Å². The molecular weight excluding hydrogens is 260 g/mol. The van der Waals surface area contributed by atoms with Crippen molar-refractivity contribution in [2.24, 2.45) is 0 Å². The number of halogens is 1. The van der Waals surface area contributed by atoms with Crippen molar-refractivity contribution in [1.82, 2.24) is 9.40 Å². The minimum absolute atomic E-state index is 0.146. The van der Waals surface area contributed by atoms with Crippen LogP contribution in [0.2, 0.25) is 0 Å². The smallest absolute Gasteiger partial charge is 0.104 e. The fourth-order valence-electron chi connectivity index (χ4n) is 2.32. The van der Waals surface area contributed by atoms with Gasteiger partial charge in [-0.3, -0.25) is 4.98 Å². The molecule has 1 aromatic heterocycles. The van der Waals surface area contributed by atoms with Crippen LogP contribution in [-0.4, -0.2) is 27.6 Å². The maximum Gasteiger partial charge on any atom is 0.104 e. The van der Waals surface area contributed by atoms with E-state index in [2.05, 4.69) is 25.8 Å². The molecule has 0 bridgehead atoms. The predicted octanol–water partition coefficient (Wildman–Crippen LogP) is 3.72. The molecule has 4 heteroatoms. The Bertz CT molecular complexity index is 433. The number of aromatic nitrogens is 1. The lowest BCUT2D eigenvalue weighted by Crippen LogP contribution is -2.39. The third kappa shape index (κ3) is 3.95. The van der Waals surface area contributed by atoms with Crippen molar-refractivity contribution in [2.75, 3.05) is 6.54 Å². The summed E-state index contributed by atoms with van der Waals surface area (Å²) >= 11 is 6.44. The monoisotopic (exact) mass is 280 g/mol. The average Bonchev–Trinajstić information content (AvgIpc) is 2.38. The van der Waals surface area contributed by atoms with Crippen molar-refractivity contribution in [3.8, 4) is 0 Å². The van der Waals surface area contributed by atoms with E-state index < -0.39 is 0 Å². The minimum Gasteiger partial charge on any atom is -0.496 e. The Labute approximate surface area is 120 Å². The zero-order valence-electron chi connectivity index (χ0n) is 11.7. The standard InChI is InChI=1S/C15H21ClN2O/c1-12(13-4-7-17-8-5-13)11-18(16)14-6-9-19-15(2,3)10-14/h4-9,12,14H,10-11H2,1-3H3. The highest BCUT2D eigenvalue weighted by molar-refractivity contribution is 6.13. The van der Waals surface area contributed by atoms with Gasteiger partial charge in [-0.1, -0.05) is 6.92 Å². The Morgan fingerprint density at radius 1 is 1.47 bits per heavy atom. The van der Waals surface area contributed by atoms with E-state index in [0.717, 1.165) is 13.0 Å². The predicted molar refractivity (Wildman–Crippen MR) is 77.9 cm³/mol. The maximum absolute atomic E-state index is 6.44. The van der Waals surface area contributed by atoms with Gasteiger partial charge in [-0.25, -0.2) is 4.42 Å². The molecular formula is C15H21ClN2O. The van der Waals surface area contributed by atoms with Gasteiger partial charge in [0.1, 0.15) is 5.60 Å². The third-order valence-corrected chi connectivity index (χ3v) is 3.86. The van der Waals surface area contributed by atoms with Crippen molar-refractivity contribution >= 4 is 11.8 Å². The van der Waals surface area contributed by atoms with Gasteiger partial charge in [-0.2, -0.15) is 0 Å². The summed E-state index contributed by atoms with van der Waals surface area (Å²) < 4.78 is 7.44. The molecule has 104 valence electrons. The van der Waals surface area contributed by atoms with Gasteiger partial charge >= 0.3 is 0 Å². The molecule has 2 heterocycles. The van der Waals surface area contributed by atoms with Gasteiger partial charge < -0.3 is 4.74 Å². The number of ether oxygens (including phenoxy) is 1. The van der Waals surface area contributed by atoms with Crippen LogP contribution in [0.15, 0.2) is 36.9 Å². The largest absolute Gasteiger partial charge is 0.496 e. The molecule has 2 unspecified atom stereocenters. The lowest BCUT2D eigenvalue weighted by atomic mass is 9.95. The number of hydrogen-bond acceptors (Lipinski definition) is 3. The molecule has 0 saturated carbocycles. The molecule has 0 saturated heterocycles. The van der Waals surface area contributed by atoms with E-state index >= 15 is 0 Å². The highest BCUT2D eigenvalue weighted by Crippen LogP contribution is 2.28. The molecule has 1 aliphatic rings. The second kappa shape index (κ2) is 5.93. The first-order valence-corrected chi connectivity index (χ1v) is 6.98. The Balaban J connectivity index is 1.96. The van der Waals surface area contributed by atoms with E-state index in [1.165, 1.54) is 5.56 Å². The van der Waals surface area contributed by atoms with E-state index in [9.17, 15) is 0 Å². The van der Waals surface area contributed by atoms with Gasteiger partial charge in [0.2, 0.25) is 0 Å². The summed E-state index contributed by atoms with van der Waals surface area (Å²) in [5.74, 6) is 0.375. The lowest BCUT2D eigenvalue weighted by Gasteiger charge is -2.35. The van der Waals surface area contributed by atoms with Crippen molar-refractivity contribution in [2.45, 2.75) is 44.8 Å². The Morgan fingerprint density at radius 2 is 2.16 bits per heavy atom. The highest BCUT2D eigenvalue weighted by atomic mass is 35.5. The van der Waals surface area contributed by atoms with E-state index in [1.54, 1.807) is 6.26 Å². The zero-order valence-corrected chi connectivity index (χ0v) is 12.5. The van der Waals surface area contributed by atoms with Crippen LogP contribution < -0.4 is 0 Å². The molecule has 19 heavy (non-hydrogen) atoms. The van der Waals surface area contributed by atoms with Crippen LogP contribution in [-0.2, 0) is 4.74 Å². The van der Waals surface area contributed by atoms with Crippen molar-refractivity contribution in [1.29, 1.82) is 0 Å². The quantitative estimate of drug-likeness (QED) is 0.786. The topological polar surface area (TPSA) is 25.4 Å². The van der Waals surface area contributed by atoms with Crippen LogP contribution in [0.3, 0.4) is 0 Å². The summed E-state index contributed by atoms with van der Waals surface area (Å²) in [5.41, 5.74) is 1.11. The zero-order chi connectivity index (χ0) is 13.9. The number of pyridine rings is 1. The highest BCUT2D eigenvalue weighted by Gasteiger charge is 2.29. The number of hydrogen-bond donors (Lipinski definition) is 0. The molecule has 1 aromatic rings. The normalized spacial score (nSPS) is 23.1. The van der Waals surface area contributed by atoms with Gasteiger partial charge in [0, 0.05) is 25.4 Å². The Morgan fingerprint density at radius 3 is 2.79 bits per heavy atom. The second-order valence-electron chi connectivity index (χ2n) is 5.74. The Hall–Kier alpha value is -1.06. The van der Waals surface area contributed by atoms with Gasteiger partial charge in [-0.15, -0.1) is 0 Å². The second-order valence-corrected chi connectivity index (χ2v) is 6.18. The SMILES string of the molecule is CC(CN(Cl)C1C=COC(C)(C)C1)c1ccncc1. The molecule has 0 N–H and O–H groups in total. The molecule has 0 fully saturated rings. The van der Waals surface area contributed by atoms with Crippen LogP contribution in [0.1, 0.15) is 38.7 Å². The fraction of sp³-hybridized carbons (Fsp3) is 0.533. The van der Waals surface area contributed by atoms with Crippen LogP contribution in [0, 0.1) is 0 Å². The maximum atomic E-state index is 6.44. The van der Waals surface area contributed by atoms with Gasteiger partial charge in [0.05, 0.1) is 12.3 Å². The summed E-state index contributed by atoms with van der Waals surface area (Å²) in [5, 5.41) is 0. The van der Waals surface area contributed by atoms with Crippen molar-refractivity contribution in [3.05, 3.63) is 42.4 Å². The van der Waals surface area contributed by atoms with Crippen LogP contribution in [0.25, 0.3) is 0 Å². The fourth-order valence-corrected chi connectivity index (χ4v) is 2.66. The van der Waals surface area contributed by atoms with Crippen molar-refractivity contribution < 1.29 is 4.74 Å². The Kier molecular flexibility index (Phi) is 4.48. The summed E-state index contributed by atoms with van der Waals surface area (Å²) in [6.07, 6.45) is 8.33. The van der Waals surface area contributed by atoms with Gasteiger partial charge in [0.25, 0.3) is 0 Å². The van der Waals surface area contributed by atoms with Crippen LogP contribution in [0.5, 0.6) is 0 Å². The summed E-state index contributed by atoms with van der Waals surface area (Å²) in [7, 11) is 0. The van der Waals surface area contributed by atoms with E-state index in [-0.39, 0.29) is 11.6 Å². The first-order chi connectivity index (χ1) is 8.98. The molecule has 0 radical (unpaired) electrons. The minimum atomic E-state index is -0.146. The van der Waals surface area contributed by atoms with E-state index in [0.29, 0.717) is 5.92 Å². The molecule has 0 amide bonds.